The molecule has 0 spiro atoms. The van der Waals surface area contributed by atoms with Crippen molar-refractivity contribution in [2.24, 2.45) is 0 Å². The quantitative estimate of drug-likeness (QED) is 0.841. The number of likely N-dealkylation sites (N-methyl/N-ethyl adjacent to an activating group) is 1. The standard InChI is InChI=1S/C13H17N3O/c1-11(8-9-14)16(2)13(17)10-15-12-6-4-3-5-7-12/h3-7,11,15H,8,10H2,1-2H3. The predicted molar refractivity (Wildman–Crippen MR) is 67.4 cm³/mol. The normalized spacial score (nSPS) is 11.4. The van der Waals surface area contributed by atoms with Crippen LogP contribution in [0, 0.1) is 11.3 Å². The maximum Gasteiger partial charge on any atom is 0.241 e. The summed E-state index contributed by atoms with van der Waals surface area (Å²) in [6.45, 7) is 2.11. The molecule has 1 unspecified atom stereocenters. The maximum atomic E-state index is 11.8. The third-order valence-electron chi connectivity index (χ3n) is 2.66. The van der Waals surface area contributed by atoms with E-state index in [2.05, 4.69) is 11.4 Å². The molecule has 1 amide bonds. The van der Waals surface area contributed by atoms with Gasteiger partial charge in [0, 0.05) is 18.8 Å². The summed E-state index contributed by atoms with van der Waals surface area (Å²) in [5, 5.41) is 11.6. The lowest BCUT2D eigenvalue weighted by atomic mass is 10.2. The Bertz CT molecular complexity index is 397. The molecule has 1 aromatic carbocycles. The summed E-state index contributed by atoms with van der Waals surface area (Å²) in [6, 6.07) is 11.6. The van der Waals surface area contributed by atoms with Crippen LogP contribution >= 0.6 is 0 Å². The second-order valence-corrected chi connectivity index (χ2v) is 3.94. The van der Waals surface area contributed by atoms with Gasteiger partial charge in [-0.3, -0.25) is 4.79 Å². The van der Waals surface area contributed by atoms with Crippen LogP contribution in [0.2, 0.25) is 0 Å². The Balaban J connectivity index is 2.42. The van der Waals surface area contributed by atoms with Crippen LogP contribution in [0.1, 0.15) is 13.3 Å². The van der Waals surface area contributed by atoms with Crippen molar-refractivity contribution in [2.75, 3.05) is 18.9 Å². The van der Waals surface area contributed by atoms with Crippen LogP contribution in [0.25, 0.3) is 0 Å². The molecule has 0 saturated carbocycles. The molecule has 0 aromatic heterocycles. The number of nitrogens with one attached hydrogen (secondary N) is 1. The first-order valence-corrected chi connectivity index (χ1v) is 5.56. The summed E-state index contributed by atoms with van der Waals surface area (Å²) in [5.41, 5.74) is 0.919. The molecule has 1 atom stereocenters. The van der Waals surface area contributed by atoms with Gasteiger partial charge in [-0.2, -0.15) is 5.26 Å². The molecule has 1 rings (SSSR count). The van der Waals surface area contributed by atoms with Crippen LogP contribution in [-0.2, 0) is 4.79 Å². The molecule has 0 aliphatic rings. The Hall–Kier alpha value is -2.02. The van der Waals surface area contributed by atoms with Crippen LogP contribution in [0.3, 0.4) is 0 Å². The molecule has 4 nitrogen and oxygen atoms in total. The molecule has 17 heavy (non-hydrogen) atoms. The molecule has 0 aliphatic carbocycles. The summed E-state index contributed by atoms with van der Waals surface area (Å²) in [4.78, 5) is 13.4. The summed E-state index contributed by atoms with van der Waals surface area (Å²) < 4.78 is 0. The van der Waals surface area contributed by atoms with Crippen molar-refractivity contribution in [1.82, 2.24) is 4.90 Å². The molecule has 0 heterocycles. The van der Waals surface area contributed by atoms with Crippen molar-refractivity contribution >= 4 is 11.6 Å². The Labute approximate surface area is 102 Å². The van der Waals surface area contributed by atoms with E-state index in [1.807, 2.05) is 37.3 Å². The van der Waals surface area contributed by atoms with Gasteiger partial charge >= 0.3 is 0 Å². The van der Waals surface area contributed by atoms with Gasteiger partial charge < -0.3 is 10.2 Å². The number of para-hydroxylation sites is 1. The maximum absolute atomic E-state index is 11.8. The zero-order valence-electron chi connectivity index (χ0n) is 10.2. The van der Waals surface area contributed by atoms with Gasteiger partial charge in [-0.15, -0.1) is 0 Å². The van der Waals surface area contributed by atoms with E-state index in [4.69, 9.17) is 5.26 Å². The van der Waals surface area contributed by atoms with Crippen LogP contribution in [0.4, 0.5) is 5.69 Å². The van der Waals surface area contributed by atoms with Crippen molar-refractivity contribution in [3.05, 3.63) is 30.3 Å². The highest BCUT2D eigenvalue weighted by Gasteiger charge is 2.14. The molecule has 90 valence electrons. The van der Waals surface area contributed by atoms with E-state index in [-0.39, 0.29) is 18.5 Å². The Morgan fingerprint density at radius 3 is 2.71 bits per heavy atom. The third kappa shape index (κ3) is 4.15. The molecule has 0 radical (unpaired) electrons. The van der Waals surface area contributed by atoms with E-state index in [0.29, 0.717) is 6.42 Å². The van der Waals surface area contributed by atoms with Crippen LogP contribution in [0.5, 0.6) is 0 Å². The third-order valence-corrected chi connectivity index (χ3v) is 2.66. The van der Waals surface area contributed by atoms with E-state index < -0.39 is 0 Å². The summed E-state index contributed by atoms with van der Waals surface area (Å²) in [7, 11) is 1.72. The number of anilines is 1. The first kappa shape index (κ1) is 13.0. The predicted octanol–water partition coefficient (Wildman–Crippen LogP) is 1.86. The van der Waals surface area contributed by atoms with Gasteiger partial charge in [-0.25, -0.2) is 0 Å². The van der Waals surface area contributed by atoms with Gasteiger partial charge in [0.1, 0.15) is 0 Å². The molecule has 0 bridgehead atoms. The zero-order valence-corrected chi connectivity index (χ0v) is 10.2. The van der Waals surface area contributed by atoms with Gasteiger partial charge in [0.15, 0.2) is 0 Å². The number of nitrogens with zero attached hydrogens (tertiary/aromatic N) is 2. The first-order valence-electron chi connectivity index (χ1n) is 5.56. The molecular weight excluding hydrogens is 214 g/mol. The lowest BCUT2D eigenvalue weighted by Crippen LogP contribution is -2.38. The van der Waals surface area contributed by atoms with Crippen molar-refractivity contribution in [3.63, 3.8) is 0 Å². The molecule has 0 fully saturated rings. The van der Waals surface area contributed by atoms with Crippen molar-refractivity contribution in [1.29, 1.82) is 5.26 Å². The van der Waals surface area contributed by atoms with Gasteiger partial charge in [0.25, 0.3) is 0 Å². The van der Waals surface area contributed by atoms with Gasteiger partial charge in [0.2, 0.25) is 5.91 Å². The van der Waals surface area contributed by atoms with E-state index in [0.717, 1.165) is 5.69 Å². The number of carbonyl (C=O) groups excluding carboxylic acids is 1. The van der Waals surface area contributed by atoms with Gasteiger partial charge in [-0.05, 0) is 19.1 Å². The topological polar surface area (TPSA) is 56.1 Å². The number of hydrogen-bond acceptors (Lipinski definition) is 3. The average molecular weight is 231 g/mol. The minimum atomic E-state index is -0.0509. The van der Waals surface area contributed by atoms with Gasteiger partial charge in [0.05, 0.1) is 19.0 Å². The lowest BCUT2D eigenvalue weighted by Gasteiger charge is -2.23. The second-order valence-electron chi connectivity index (χ2n) is 3.94. The number of carbonyl (C=O) groups is 1. The molecule has 4 heteroatoms. The van der Waals surface area contributed by atoms with Crippen molar-refractivity contribution in [2.45, 2.75) is 19.4 Å². The highest BCUT2D eigenvalue weighted by Crippen LogP contribution is 2.05. The van der Waals surface area contributed by atoms with E-state index in [1.165, 1.54) is 0 Å². The summed E-state index contributed by atoms with van der Waals surface area (Å²) >= 11 is 0. The Kier molecular flexibility index (Phi) is 5.02. The smallest absolute Gasteiger partial charge is 0.241 e. The van der Waals surface area contributed by atoms with Crippen LogP contribution in [-0.4, -0.2) is 30.4 Å². The largest absolute Gasteiger partial charge is 0.376 e. The van der Waals surface area contributed by atoms with Crippen LogP contribution < -0.4 is 5.32 Å². The number of benzene rings is 1. The van der Waals surface area contributed by atoms with Gasteiger partial charge in [-0.1, -0.05) is 18.2 Å². The van der Waals surface area contributed by atoms with E-state index in [1.54, 1.807) is 11.9 Å². The minimum Gasteiger partial charge on any atom is -0.376 e. The first-order chi connectivity index (χ1) is 8.15. The number of nitriles is 1. The van der Waals surface area contributed by atoms with E-state index in [9.17, 15) is 4.79 Å². The fourth-order valence-corrected chi connectivity index (χ4v) is 1.37. The summed E-state index contributed by atoms with van der Waals surface area (Å²) in [5.74, 6) is -0.0170. The zero-order chi connectivity index (χ0) is 12.7. The molecule has 1 N–H and O–H groups in total. The second kappa shape index (κ2) is 6.54. The number of amides is 1. The Morgan fingerprint density at radius 2 is 2.12 bits per heavy atom. The summed E-state index contributed by atoms with van der Waals surface area (Å²) in [6.07, 6.45) is 0.355. The average Bonchev–Trinajstić information content (AvgIpc) is 2.36. The molecule has 1 aromatic rings. The highest BCUT2D eigenvalue weighted by atomic mass is 16.2. The number of hydrogen-bond donors (Lipinski definition) is 1. The lowest BCUT2D eigenvalue weighted by molar-refractivity contribution is -0.129. The fraction of sp³-hybridized carbons (Fsp3) is 0.385. The Morgan fingerprint density at radius 1 is 1.47 bits per heavy atom. The monoisotopic (exact) mass is 231 g/mol. The molecule has 0 saturated heterocycles. The minimum absolute atomic E-state index is 0.0170. The highest BCUT2D eigenvalue weighted by molar-refractivity contribution is 5.80. The van der Waals surface area contributed by atoms with Crippen LogP contribution in [0.15, 0.2) is 30.3 Å². The molecular formula is C13H17N3O. The molecule has 0 aliphatic heterocycles. The SMILES string of the molecule is CC(CC#N)N(C)C(=O)CNc1ccccc1. The number of rotatable bonds is 5. The van der Waals surface area contributed by atoms with Crippen molar-refractivity contribution < 1.29 is 4.79 Å². The fourth-order valence-electron chi connectivity index (χ4n) is 1.37. The van der Waals surface area contributed by atoms with E-state index >= 15 is 0 Å². The van der Waals surface area contributed by atoms with Crippen molar-refractivity contribution in [3.8, 4) is 6.07 Å².